The highest BCUT2D eigenvalue weighted by molar-refractivity contribution is 6.31. The van der Waals surface area contributed by atoms with Gasteiger partial charge in [-0.25, -0.2) is 4.39 Å². The van der Waals surface area contributed by atoms with Crippen LogP contribution in [-0.4, -0.2) is 37.0 Å². The minimum absolute atomic E-state index is 0.0557. The van der Waals surface area contributed by atoms with Crippen LogP contribution >= 0.6 is 23.2 Å². The number of anilines is 1. The van der Waals surface area contributed by atoms with Gasteiger partial charge in [0.2, 0.25) is 5.91 Å². The molecule has 0 aromatic heterocycles. The fraction of sp³-hybridized carbons (Fsp3) is 0.278. The zero-order valence-corrected chi connectivity index (χ0v) is 14.5. The maximum absolute atomic E-state index is 13.8. The predicted octanol–water partition coefficient (Wildman–Crippen LogP) is 4.02. The summed E-state index contributed by atoms with van der Waals surface area (Å²) in [5.41, 5.74) is 1.43. The van der Waals surface area contributed by atoms with Crippen molar-refractivity contribution >= 4 is 34.8 Å². The highest BCUT2D eigenvalue weighted by atomic mass is 35.5. The Morgan fingerprint density at radius 1 is 1.00 bits per heavy atom. The fourth-order valence-corrected chi connectivity index (χ4v) is 3.17. The number of amides is 1. The number of piperazine rings is 1. The minimum atomic E-state index is -0.437. The van der Waals surface area contributed by atoms with Crippen LogP contribution in [0.1, 0.15) is 5.56 Å². The number of carbonyl (C=O) groups excluding carboxylic acids is 1. The summed E-state index contributed by atoms with van der Waals surface area (Å²) < 4.78 is 13.8. The molecule has 126 valence electrons. The van der Waals surface area contributed by atoms with E-state index in [1.165, 1.54) is 6.07 Å². The molecule has 0 N–H and O–H groups in total. The van der Waals surface area contributed by atoms with E-state index in [2.05, 4.69) is 4.90 Å². The van der Waals surface area contributed by atoms with Crippen molar-refractivity contribution in [2.75, 3.05) is 31.1 Å². The fourth-order valence-electron chi connectivity index (χ4n) is 2.83. The summed E-state index contributed by atoms with van der Waals surface area (Å²) >= 11 is 11.8. The maximum atomic E-state index is 13.8. The van der Waals surface area contributed by atoms with Crippen molar-refractivity contribution in [2.24, 2.45) is 0 Å². The first-order chi connectivity index (χ1) is 11.5. The van der Waals surface area contributed by atoms with Crippen LogP contribution in [0.4, 0.5) is 10.1 Å². The predicted molar refractivity (Wildman–Crippen MR) is 95.4 cm³/mol. The zero-order chi connectivity index (χ0) is 17.1. The molecular weight excluding hydrogens is 350 g/mol. The molecule has 24 heavy (non-hydrogen) atoms. The lowest BCUT2D eigenvalue weighted by Gasteiger charge is -2.36. The number of carbonyl (C=O) groups is 1. The summed E-state index contributed by atoms with van der Waals surface area (Å²) in [6, 6.07) is 12.1. The van der Waals surface area contributed by atoms with Gasteiger partial charge in [-0.3, -0.25) is 4.79 Å². The summed E-state index contributed by atoms with van der Waals surface area (Å²) in [7, 11) is 0. The van der Waals surface area contributed by atoms with Crippen LogP contribution in [0.25, 0.3) is 0 Å². The molecule has 1 aliphatic rings. The van der Waals surface area contributed by atoms with Gasteiger partial charge < -0.3 is 9.80 Å². The van der Waals surface area contributed by atoms with Gasteiger partial charge in [0.15, 0.2) is 0 Å². The van der Waals surface area contributed by atoms with Crippen LogP contribution in [-0.2, 0) is 11.2 Å². The molecule has 1 fully saturated rings. The number of rotatable bonds is 3. The average molecular weight is 367 g/mol. The molecule has 6 heteroatoms. The molecule has 0 bridgehead atoms. The molecule has 1 aliphatic heterocycles. The third kappa shape index (κ3) is 4.00. The summed E-state index contributed by atoms with van der Waals surface area (Å²) in [6.45, 7) is 2.69. The van der Waals surface area contributed by atoms with E-state index in [4.69, 9.17) is 23.2 Å². The van der Waals surface area contributed by atoms with Gasteiger partial charge in [0.05, 0.1) is 6.42 Å². The smallest absolute Gasteiger partial charge is 0.227 e. The number of hydrogen-bond donors (Lipinski definition) is 0. The molecule has 0 atom stereocenters. The lowest BCUT2D eigenvalue weighted by Crippen LogP contribution is -2.49. The van der Waals surface area contributed by atoms with Crippen molar-refractivity contribution in [1.82, 2.24) is 4.90 Å². The molecule has 1 saturated heterocycles. The SMILES string of the molecule is O=C(Cc1ccc(Cl)cc1F)N1CCN(c2cccc(Cl)c2)CC1. The van der Waals surface area contributed by atoms with Crippen molar-refractivity contribution < 1.29 is 9.18 Å². The summed E-state index contributed by atoms with van der Waals surface area (Å²) in [5.74, 6) is -0.504. The van der Waals surface area contributed by atoms with Crippen molar-refractivity contribution in [1.29, 1.82) is 0 Å². The van der Waals surface area contributed by atoms with E-state index in [1.54, 1.807) is 17.0 Å². The first-order valence-corrected chi connectivity index (χ1v) is 8.51. The number of benzene rings is 2. The second-order valence-corrected chi connectivity index (χ2v) is 6.63. The highest BCUT2D eigenvalue weighted by Crippen LogP contribution is 2.21. The Morgan fingerprint density at radius 2 is 1.71 bits per heavy atom. The van der Waals surface area contributed by atoms with E-state index in [1.807, 2.05) is 24.3 Å². The van der Waals surface area contributed by atoms with Gasteiger partial charge in [-0.2, -0.15) is 0 Å². The van der Waals surface area contributed by atoms with Gasteiger partial charge in [-0.1, -0.05) is 35.3 Å². The minimum Gasteiger partial charge on any atom is -0.368 e. The lowest BCUT2D eigenvalue weighted by molar-refractivity contribution is -0.130. The third-order valence-electron chi connectivity index (χ3n) is 4.16. The van der Waals surface area contributed by atoms with Gasteiger partial charge in [0, 0.05) is 41.9 Å². The Labute approximate surface area is 150 Å². The van der Waals surface area contributed by atoms with Gasteiger partial charge in [-0.15, -0.1) is 0 Å². The molecular formula is C18H17Cl2FN2O. The molecule has 0 aliphatic carbocycles. The van der Waals surface area contributed by atoms with Crippen LogP contribution < -0.4 is 4.90 Å². The normalized spacial score (nSPS) is 14.8. The van der Waals surface area contributed by atoms with Crippen LogP contribution in [0.2, 0.25) is 10.0 Å². The topological polar surface area (TPSA) is 23.6 Å². The molecule has 0 spiro atoms. The Morgan fingerprint density at radius 3 is 2.38 bits per heavy atom. The lowest BCUT2D eigenvalue weighted by atomic mass is 10.1. The Bertz CT molecular complexity index is 746. The second kappa shape index (κ2) is 7.41. The van der Waals surface area contributed by atoms with Crippen molar-refractivity contribution in [3.05, 3.63) is 63.9 Å². The molecule has 2 aromatic carbocycles. The number of halogens is 3. The van der Waals surface area contributed by atoms with Gasteiger partial charge >= 0.3 is 0 Å². The Hall–Kier alpha value is -1.78. The van der Waals surface area contributed by atoms with Gasteiger partial charge in [0.1, 0.15) is 5.82 Å². The number of nitrogens with zero attached hydrogens (tertiary/aromatic N) is 2. The molecule has 0 unspecified atom stereocenters. The van der Waals surface area contributed by atoms with Crippen LogP contribution in [0.5, 0.6) is 0 Å². The molecule has 0 radical (unpaired) electrons. The first kappa shape index (κ1) is 17.1. The van der Waals surface area contributed by atoms with Crippen molar-refractivity contribution in [2.45, 2.75) is 6.42 Å². The number of hydrogen-bond acceptors (Lipinski definition) is 2. The van der Waals surface area contributed by atoms with Crippen molar-refractivity contribution in [3.63, 3.8) is 0 Å². The van der Waals surface area contributed by atoms with Gasteiger partial charge in [0.25, 0.3) is 0 Å². The molecule has 3 rings (SSSR count). The van der Waals surface area contributed by atoms with E-state index < -0.39 is 5.82 Å². The molecule has 1 heterocycles. The first-order valence-electron chi connectivity index (χ1n) is 7.75. The molecule has 3 nitrogen and oxygen atoms in total. The van der Waals surface area contributed by atoms with E-state index in [-0.39, 0.29) is 12.3 Å². The maximum Gasteiger partial charge on any atom is 0.227 e. The monoisotopic (exact) mass is 366 g/mol. The van der Waals surface area contributed by atoms with Crippen LogP contribution in [0, 0.1) is 5.82 Å². The van der Waals surface area contributed by atoms with Crippen LogP contribution in [0.3, 0.4) is 0 Å². The van der Waals surface area contributed by atoms with E-state index >= 15 is 0 Å². The van der Waals surface area contributed by atoms with E-state index in [0.717, 1.165) is 18.8 Å². The highest BCUT2D eigenvalue weighted by Gasteiger charge is 2.22. The van der Waals surface area contributed by atoms with Gasteiger partial charge in [-0.05, 0) is 35.9 Å². The summed E-state index contributed by atoms with van der Waals surface area (Å²) in [4.78, 5) is 16.4. The molecule has 0 saturated carbocycles. The quantitative estimate of drug-likeness (QED) is 0.818. The average Bonchev–Trinajstić information content (AvgIpc) is 2.57. The van der Waals surface area contributed by atoms with Crippen LogP contribution in [0.15, 0.2) is 42.5 Å². The molecule has 1 amide bonds. The largest absolute Gasteiger partial charge is 0.368 e. The molecule has 2 aromatic rings. The standard InChI is InChI=1S/C18H17Cl2FN2O/c19-14-2-1-3-16(11-14)22-6-8-23(9-7-22)18(24)10-13-4-5-15(20)12-17(13)21/h1-5,11-12H,6-10H2. The Balaban J connectivity index is 1.59. The van der Waals surface area contributed by atoms with E-state index in [9.17, 15) is 9.18 Å². The zero-order valence-electron chi connectivity index (χ0n) is 13.0. The summed E-state index contributed by atoms with van der Waals surface area (Å²) in [5, 5.41) is 1.03. The third-order valence-corrected chi connectivity index (χ3v) is 4.63. The summed E-state index contributed by atoms with van der Waals surface area (Å²) in [6.07, 6.45) is 0.0557. The second-order valence-electron chi connectivity index (χ2n) is 5.76. The van der Waals surface area contributed by atoms with E-state index in [0.29, 0.717) is 28.7 Å². The van der Waals surface area contributed by atoms with Crippen molar-refractivity contribution in [3.8, 4) is 0 Å². The Kier molecular flexibility index (Phi) is 5.27.